The zero-order valence-electron chi connectivity index (χ0n) is 12.8. The molecule has 3 nitrogen and oxygen atoms in total. The Balaban J connectivity index is 1.63. The largest absolute Gasteiger partial charge is 0.310 e. The molecule has 0 amide bonds. The Labute approximate surface area is 127 Å². The topological polar surface area (TPSA) is 40.7 Å². The van der Waals surface area contributed by atoms with Crippen molar-refractivity contribution in [1.29, 1.82) is 0 Å². The zero-order valence-corrected chi connectivity index (χ0v) is 12.8. The van der Waals surface area contributed by atoms with Gasteiger partial charge in [0.2, 0.25) is 0 Å². The molecule has 21 heavy (non-hydrogen) atoms. The molecule has 1 aliphatic carbocycles. The van der Waals surface area contributed by atoms with Crippen LogP contribution in [-0.4, -0.2) is 16.2 Å². The van der Waals surface area contributed by atoms with Crippen molar-refractivity contribution < 1.29 is 0 Å². The summed E-state index contributed by atoms with van der Waals surface area (Å²) in [5.74, 6) is 0.911. The van der Waals surface area contributed by atoms with Crippen LogP contribution in [0.25, 0.3) is 11.3 Å². The molecule has 1 aliphatic rings. The number of rotatable bonds is 5. The quantitative estimate of drug-likeness (QED) is 0.866. The number of nitrogens with zero attached hydrogens (tertiary/aromatic N) is 1. The molecule has 1 fully saturated rings. The van der Waals surface area contributed by atoms with E-state index in [4.69, 9.17) is 0 Å². The van der Waals surface area contributed by atoms with Crippen LogP contribution in [0.1, 0.15) is 44.6 Å². The molecule has 3 heteroatoms. The Morgan fingerprint density at radius 1 is 1.24 bits per heavy atom. The second-order valence-corrected chi connectivity index (χ2v) is 6.15. The lowest BCUT2D eigenvalue weighted by molar-refractivity contribution is 0.278. The summed E-state index contributed by atoms with van der Waals surface area (Å²) in [6, 6.07) is 11.1. The zero-order chi connectivity index (χ0) is 14.5. The van der Waals surface area contributed by atoms with E-state index in [1.165, 1.54) is 43.2 Å². The van der Waals surface area contributed by atoms with Gasteiger partial charge >= 0.3 is 0 Å². The Bertz CT molecular complexity index is 547. The highest BCUT2D eigenvalue weighted by Crippen LogP contribution is 2.27. The first-order valence-electron chi connectivity index (χ1n) is 8.18. The molecule has 0 saturated heterocycles. The molecule has 2 N–H and O–H groups in total. The molecule has 1 saturated carbocycles. The summed E-state index contributed by atoms with van der Waals surface area (Å²) in [4.78, 5) is 0. The molecular weight excluding hydrogens is 258 g/mol. The average Bonchev–Trinajstić information content (AvgIpc) is 3.02. The van der Waals surface area contributed by atoms with Gasteiger partial charge in [0.15, 0.2) is 0 Å². The normalized spacial score (nSPS) is 22.3. The minimum atomic E-state index is 0.669. The fourth-order valence-electron chi connectivity index (χ4n) is 3.40. The lowest BCUT2D eigenvalue weighted by atomic mass is 9.84. The number of nitrogens with one attached hydrogen (secondary N) is 2. The van der Waals surface area contributed by atoms with Crippen LogP contribution in [0.5, 0.6) is 0 Å². The van der Waals surface area contributed by atoms with Gasteiger partial charge in [0.1, 0.15) is 0 Å². The van der Waals surface area contributed by atoms with E-state index in [1.54, 1.807) is 0 Å². The van der Waals surface area contributed by atoms with E-state index in [1.807, 2.05) is 12.3 Å². The smallest absolute Gasteiger partial charge is 0.0695 e. The van der Waals surface area contributed by atoms with E-state index in [0.717, 1.165) is 18.2 Å². The highest BCUT2D eigenvalue weighted by atomic mass is 15.1. The number of hydrogen-bond acceptors (Lipinski definition) is 2. The fourth-order valence-corrected chi connectivity index (χ4v) is 3.40. The van der Waals surface area contributed by atoms with Crippen LogP contribution in [0, 0.1) is 5.92 Å². The van der Waals surface area contributed by atoms with E-state index in [-0.39, 0.29) is 0 Å². The monoisotopic (exact) mass is 283 g/mol. The van der Waals surface area contributed by atoms with Crippen LogP contribution in [0.15, 0.2) is 36.5 Å². The Morgan fingerprint density at radius 2 is 2.10 bits per heavy atom. The van der Waals surface area contributed by atoms with Gasteiger partial charge in [0.05, 0.1) is 11.9 Å². The van der Waals surface area contributed by atoms with Crippen LogP contribution in [0.4, 0.5) is 0 Å². The van der Waals surface area contributed by atoms with Crippen molar-refractivity contribution in [3.05, 3.63) is 42.1 Å². The molecule has 1 aromatic heterocycles. The summed E-state index contributed by atoms with van der Waals surface area (Å²) < 4.78 is 0. The molecule has 0 spiro atoms. The fraction of sp³-hybridized carbons (Fsp3) is 0.500. The third kappa shape index (κ3) is 3.53. The first-order chi connectivity index (χ1) is 10.4. The maximum Gasteiger partial charge on any atom is 0.0695 e. The molecule has 0 radical (unpaired) electrons. The molecule has 2 unspecified atom stereocenters. The van der Waals surface area contributed by atoms with Gasteiger partial charge in [0, 0.05) is 18.2 Å². The third-order valence-electron chi connectivity index (χ3n) is 4.72. The Hall–Kier alpha value is -1.61. The van der Waals surface area contributed by atoms with Crippen molar-refractivity contribution >= 4 is 0 Å². The van der Waals surface area contributed by atoms with Gasteiger partial charge in [-0.1, -0.05) is 56.5 Å². The van der Waals surface area contributed by atoms with E-state index in [2.05, 4.69) is 46.7 Å². The average molecular weight is 283 g/mol. The highest BCUT2D eigenvalue weighted by molar-refractivity contribution is 5.62. The molecule has 112 valence electrons. The molecule has 0 bridgehead atoms. The van der Waals surface area contributed by atoms with Crippen molar-refractivity contribution in [2.75, 3.05) is 0 Å². The number of aromatic amines is 1. The predicted octanol–water partition coefficient (Wildman–Crippen LogP) is 4.14. The van der Waals surface area contributed by atoms with Crippen LogP contribution in [-0.2, 0) is 6.54 Å². The van der Waals surface area contributed by atoms with E-state index >= 15 is 0 Å². The first kappa shape index (κ1) is 14.3. The molecule has 3 rings (SSSR count). The summed E-state index contributed by atoms with van der Waals surface area (Å²) in [5.41, 5.74) is 3.62. The Morgan fingerprint density at radius 3 is 2.90 bits per heavy atom. The molecule has 2 aromatic rings. The summed E-state index contributed by atoms with van der Waals surface area (Å²) in [5, 5.41) is 11.1. The van der Waals surface area contributed by atoms with Gasteiger partial charge in [-0.2, -0.15) is 5.10 Å². The van der Waals surface area contributed by atoms with Crippen LogP contribution < -0.4 is 5.32 Å². The van der Waals surface area contributed by atoms with Gasteiger partial charge in [-0.15, -0.1) is 0 Å². The molecule has 1 heterocycles. The summed E-state index contributed by atoms with van der Waals surface area (Å²) in [7, 11) is 0. The maximum absolute atomic E-state index is 4.23. The van der Waals surface area contributed by atoms with Crippen LogP contribution in [0.3, 0.4) is 0 Å². The van der Waals surface area contributed by atoms with Crippen LogP contribution in [0.2, 0.25) is 0 Å². The van der Waals surface area contributed by atoms with Crippen molar-refractivity contribution in [2.45, 2.75) is 51.6 Å². The predicted molar refractivity (Wildman–Crippen MR) is 86.9 cm³/mol. The SMILES string of the molecule is CCC1CCCC(NCc2cn[nH]c2-c2ccccc2)C1. The molecular formula is C18H25N3. The summed E-state index contributed by atoms with van der Waals surface area (Å²) in [6.07, 6.45) is 8.70. The number of aromatic nitrogens is 2. The van der Waals surface area contributed by atoms with Gasteiger partial charge in [-0.3, -0.25) is 5.10 Å². The van der Waals surface area contributed by atoms with Gasteiger partial charge in [-0.25, -0.2) is 0 Å². The van der Waals surface area contributed by atoms with Crippen molar-refractivity contribution in [3.63, 3.8) is 0 Å². The minimum Gasteiger partial charge on any atom is -0.310 e. The molecule has 1 aromatic carbocycles. The minimum absolute atomic E-state index is 0.669. The molecule has 0 aliphatic heterocycles. The van der Waals surface area contributed by atoms with Crippen molar-refractivity contribution in [1.82, 2.24) is 15.5 Å². The van der Waals surface area contributed by atoms with Gasteiger partial charge in [-0.05, 0) is 24.3 Å². The standard InChI is InChI=1S/C18H25N3/c1-2-14-7-6-10-17(11-14)19-12-16-13-20-21-18(16)15-8-4-3-5-9-15/h3-5,8-9,13-14,17,19H,2,6-7,10-12H2,1H3,(H,20,21). The Kier molecular flexibility index (Phi) is 4.71. The lowest BCUT2D eigenvalue weighted by Gasteiger charge is -2.29. The summed E-state index contributed by atoms with van der Waals surface area (Å²) >= 11 is 0. The number of H-pyrrole nitrogens is 1. The van der Waals surface area contributed by atoms with Crippen LogP contribution >= 0.6 is 0 Å². The lowest BCUT2D eigenvalue weighted by Crippen LogP contribution is -2.33. The van der Waals surface area contributed by atoms with Gasteiger partial charge in [0.25, 0.3) is 0 Å². The summed E-state index contributed by atoms with van der Waals surface area (Å²) in [6.45, 7) is 3.22. The maximum atomic E-state index is 4.23. The second-order valence-electron chi connectivity index (χ2n) is 6.15. The number of benzene rings is 1. The van der Waals surface area contributed by atoms with E-state index in [0.29, 0.717) is 6.04 Å². The first-order valence-corrected chi connectivity index (χ1v) is 8.18. The number of hydrogen-bond donors (Lipinski definition) is 2. The second kappa shape index (κ2) is 6.90. The van der Waals surface area contributed by atoms with Crippen molar-refractivity contribution in [3.8, 4) is 11.3 Å². The highest BCUT2D eigenvalue weighted by Gasteiger charge is 2.20. The van der Waals surface area contributed by atoms with E-state index in [9.17, 15) is 0 Å². The third-order valence-corrected chi connectivity index (χ3v) is 4.72. The van der Waals surface area contributed by atoms with E-state index < -0.39 is 0 Å². The van der Waals surface area contributed by atoms with Gasteiger partial charge < -0.3 is 5.32 Å². The van der Waals surface area contributed by atoms with Crippen molar-refractivity contribution in [2.24, 2.45) is 5.92 Å². The molecule has 2 atom stereocenters.